The lowest BCUT2D eigenvalue weighted by molar-refractivity contribution is -0.301. The van der Waals surface area contributed by atoms with Crippen LogP contribution in [0.5, 0.6) is 0 Å². The summed E-state index contributed by atoms with van der Waals surface area (Å²) in [6, 6.07) is 10.9. The van der Waals surface area contributed by atoms with Gasteiger partial charge in [0.25, 0.3) is 0 Å². The Hall–Kier alpha value is -4.59. The zero-order valence-corrected chi connectivity index (χ0v) is 29.4. The van der Waals surface area contributed by atoms with Crippen molar-refractivity contribution in [1.82, 2.24) is 4.90 Å². The summed E-state index contributed by atoms with van der Waals surface area (Å²) in [6.45, 7) is 6.78. The lowest BCUT2D eigenvalue weighted by atomic mass is 9.87. The molecule has 13 nitrogen and oxygen atoms in total. The van der Waals surface area contributed by atoms with Gasteiger partial charge < -0.3 is 33.3 Å². The summed E-state index contributed by atoms with van der Waals surface area (Å²) >= 11 is 6.36. The quantitative estimate of drug-likeness (QED) is 0.234. The first-order chi connectivity index (χ1) is 23.7. The second-order valence-electron chi connectivity index (χ2n) is 12.0. The van der Waals surface area contributed by atoms with Crippen molar-refractivity contribution in [2.45, 2.75) is 78.2 Å². The molecule has 2 aromatic rings. The van der Waals surface area contributed by atoms with E-state index in [9.17, 15) is 28.8 Å². The van der Waals surface area contributed by atoms with Gasteiger partial charge in [0.15, 0.2) is 36.5 Å². The Morgan fingerprint density at radius 2 is 1.56 bits per heavy atom. The fourth-order valence-electron chi connectivity index (χ4n) is 5.98. The smallest absolute Gasteiger partial charge is 0.339 e. The topological polar surface area (TPSA) is 161 Å². The molecule has 1 saturated heterocycles. The van der Waals surface area contributed by atoms with E-state index in [2.05, 4.69) is 0 Å². The van der Waals surface area contributed by atoms with Crippen LogP contribution >= 0.6 is 11.6 Å². The van der Waals surface area contributed by atoms with Gasteiger partial charge in [-0.25, -0.2) is 4.79 Å². The summed E-state index contributed by atoms with van der Waals surface area (Å²) in [5, 5.41) is 0.400. The predicted molar refractivity (Wildman–Crippen MR) is 178 cm³/mol. The number of halogens is 1. The molecule has 1 fully saturated rings. The van der Waals surface area contributed by atoms with Gasteiger partial charge in [-0.3, -0.25) is 24.0 Å². The zero-order chi connectivity index (χ0) is 36.7. The first kappa shape index (κ1) is 38.2. The summed E-state index contributed by atoms with van der Waals surface area (Å²) in [7, 11) is 1.08. The van der Waals surface area contributed by atoms with E-state index in [1.807, 2.05) is 26.0 Å². The van der Waals surface area contributed by atoms with Gasteiger partial charge >= 0.3 is 23.9 Å². The summed E-state index contributed by atoms with van der Waals surface area (Å²) in [6.07, 6.45) is -5.87. The average Bonchev–Trinajstić information content (AvgIpc) is 3.03. The van der Waals surface area contributed by atoms with Crippen molar-refractivity contribution in [1.29, 1.82) is 0 Å². The van der Waals surface area contributed by atoms with E-state index in [0.717, 1.165) is 50.1 Å². The summed E-state index contributed by atoms with van der Waals surface area (Å²) < 4.78 is 32.7. The molecular formula is C36H40ClNO12. The van der Waals surface area contributed by atoms with Crippen LogP contribution in [0.25, 0.3) is 6.08 Å². The Kier molecular flexibility index (Phi) is 12.9. The molecule has 1 heterocycles. The van der Waals surface area contributed by atoms with Gasteiger partial charge in [0.1, 0.15) is 0 Å². The summed E-state index contributed by atoms with van der Waals surface area (Å²) in [4.78, 5) is 77.6. The number of rotatable bonds is 12. The number of methoxy groups -OCH3 is 1. The first-order valence-electron chi connectivity index (χ1n) is 15.9. The third-order valence-electron chi connectivity index (χ3n) is 8.17. The number of nitrogens with zero attached hydrogens (tertiary/aromatic N) is 1. The minimum absolute atomic E-state index is 0.0494. The number of hydrogen-bond donors (Lipinski definition) is 0. The average molecular weight is 714 g/mol. The molecule has 50 heavy (non-hydrogen) atoms. The highest BCUT2D eigenvalue weighted by Gasteiger charge is 2.55. The fourth-order valence-corrected chi connectivity index (χ4v) is 6.19. The first-order valence-corrected chi connectivity index (χ1v) is 16.3. The molecule has 4 rings (SSSR count). The van der Waals surface area contributed by atoms with E-state index >= 15 is 0 Å². The number of aryl methyl sites for hydroxylation is 2. The van der Waals surface area contributed by atoms with Crippen LogP contribution in [0, 0.1) is 13.8 Å². The van der Waals surface area contributed by atoms with E-state index < -0.39 is 54.6 Å². The number of hydrogen-bond acceptors (Lipinski definition) is 12. The van der Waals surface area contributed by atoms with E-state index in [1.165, 1.54) is 4.90 Å². The molecule has 1 aliphatic carbocycles. The van der Waals surface area contributed by atoms with E-state index in [0.29, 0.717) is 16.2 Å². The highest BCUT2D eigenvalue weighted by molar-refractivity contribution is 6.31. The second-order valence-corrected chi connectivity index (χ2v) is 12.5. The molecule has 2 aliphatic rings. The lowest BCUT2D eigenvalue weighted by Gasteiger charge is -2.43. The normalized spacial score (nSPS) is 21.3. The molecule has 0 saturated carbocycles. The molecule has 0 unspecified atom stereocenters. The monoisotopic (exact) mass is 713 g/mol. The number of carbonyl (C=O) groups excluding carboxylic acids is 6. The maximum absolute atomic E-state index is 13.8. The number of benzene rings is 2. The maximum atomic E-state index is 13.8. The van der Waals surface area contributed by atoms with Crippen LogP contribution in [-0.2, 0) is 70.0 Å². The van der Waals surface area contributed by atoms with Gasteiger partial charge in [-0.2, -0.15) is 0 Å². The molecule has 5 atom stereocenters. The van der Waals surface area contributed by atoms with Crippen LogP contribution in [0.1, 0.15) is 48.6 Å². The van der Waals surface area contributed by atoms with Crippen molar-refractivity contribution in [3.63, 3.8) is 0 Å². The number of carbonyl (C=O) groups is 6. The number of amides is 1. The Morgan fingerprint density at radius 3 is 2.20 bits per heavy atom. The third-order valence-corrected chi connectivity index (χ3v) is 8.54. The summed E-state index contributed by atoms with van der Waals surface area (Å²) in [5.74, 6) is -3.95. The van der Waals surface area contributed by atoms with Crippen molar-refractivity contribution >= 4 is 53.2 Å². The number of Topliss-reactive ketones (excluding diaryl/α,β-unsaturated/α-hetero) is 1. The van der Waals surface area contributed by atoms with Gasteiger partial charge in [-0.15, -0.1) is 0 Å². The molecule has 0 bridgehead atoms. The molecule has 1 amide bonds. The van der Waals surface area contributed by atoms with Crippen LogP contribution in [0.2, 0.25) is 5.02 Å². The summed E-state index contributed by atoms with van der Waals surface area (Å²) in [5.41, 5.74) is 4.88. The molecule has 0 spiro atoms. The van der Waals surface area contributed by atoms with Crippen LogP contribution in [0.15, 0.2) is 42.0 Å². The largest absolute Gasteiger partial charge is 0.467 e. The van der Waals surface area contributed by atoms with Crippen molar-refractivity contribution in [3.05, 3.63) is 74.8 Å². The SMILES string of the molecule is COC(=O)[C@H]1O[C@@H](OCCN(CC2=Cc3cc(C)cc(C)c3CC2=O)C(=O)Cc2ccccc2Cl)[C@H](OC(C)=O)[C@@H](OC(C)=O)[C@@H]1OC(C)=O. The van der Waals surface area contributed by atoms with E-state index in [4.69, 9.17) is 40.0 Å². The third kappa shape index (κ3) is 9.55. The van der Waals surface area contributed by atoms with E-state index in [-0.39, 0.29) is 44.2 Å². The van der Waals surface area contributed by atoms with Gasteiger partial charge in [0.05, 0.1) is 20.1 Å². The molecule has 2 aromatic carbocycles. The molecular weight excluding hydrogens is 674 g/mol. The number of ketones is 1. The van der Waals surface area contributed by atoms with Crippen molar-refractivity contribution < 1.29 is 57.2 Å². The molecule has 0 radical (unpaired) electrons. The molecule has 0 N–H and O–H groups in total. The van der Waals surface area contributed by atoms with Gasteiger partial charge in [-0.1, -0.05) is 47.5 Å². The van der Waals surface area contributed by atoms with Crippen LogP contribution in [-0.4, -0.2) is 98.0 Å². The molecule has 0 aromatic heterocycles. The predicted octanol–water partition coefficient (Wildman–Crippen LogP) is 3.25. The van der Waals surface area contributed by atoms with Crippen LogP contribution in [0.3, 0.4) is 0 Å². The van der Waals surface area contributed by atoms with Gasteiger partial charge in [-0.05, 0) is 48.2 Å². The van der Waals surface area contributed by atoms with E-state index in [1.54, 1.807) is 30.3 Å². The minimum Gasteiger partial charge on any atom is -0.467 e. The zero-order valence-electron chi connectivity index (χ0n) is 28.7. The minimum atomic E-state index is -1.64. The van der Waals surface area contributed by atoms with Crippen molar-refractivity contribution in [3.8, 4) is 0 Å². The van der Waals surface area contributed by atoms with Crippen molar-refractivity contribution in [2.75, 3.05) is 26.8 Å². The Bertz CT molecular complexity index is 1690. The van der Waals surface area contributed by atoms with Crippen LogP contribution < -0.4 is 0 Å². The van der Waals surface area contributed by atoms with Crippen LogP contribution in [0.4, 0.5) is 0 Å². The molecule has 14 heteroatoms. The number of fused-ring (bicyclic) bond motifs is 1. The Balaban J connectivity index is 1.63. The van der Waals surface area contributed by atoms with Gasteiger partial charge in [0.2, 0.25) is 5.91 Å². The number of ether oxygens (including phenoxy) is 6. The molecule has 268 valence electrons. The lowest BCUT2D eigenvalue weighted by Crippen LogP contribution is -2.64. The fraction of sp³-hybridized carbons (Fsp3) is 0.444. The van der Waals surface area contributed by atoms with Crippen molar-refractivity contribution in [2.24, 2.45) is 0 Å². The Labute approximate surface area is 294 Å². The second kappa shape index (κ2) is 16.9. The highest BCUT2D eigenvalue weighted by atomic mass is 35.5. The standard InChI is InChI=1S/C36H40ClNO12/c1-19-13-20(2)27-17-29(42)26(15-25(27)14-19)18-38(30(43)16-24-9-7-8-10-28(24)37)11-12-46-36-34(49-23(5)41)32(48-22(4)40)31(47-21(3)39)33(50-36)35(44)45-6/h7-10,13-15,31-34,36H,11-12,16-18H2,1-6H3/t31-,32-,33-,34+,36+/m0/s1. The maximum Gasteiger partial charge on any atom is 0.339 e. The molecule has 1 aliphatic heterocycles. The van der Waals surface area contributed by atoms with Gasteiger partial charge in [0, 0.05) is 50.9 Å². The highest BCUT2D eigenvalue weighted by Crippen LogP contribution is 2.31. The number of esters is 4. The Morgan fingerprint density at radius 1 is 0.920 bits per heavy atom.